The zero-order chi connectivity index (χ0) is 31.2. The summed E-state index contributed by atoms with van der Waals surface area (Å²) >= 11 is 1.57. The molecule has 0 bridgehead atoms. The van der Waals surface area contributed by atoms with Crippen LogP contribution in [0, 0.1) is 5.82 Å². The second-order valence-corrected chi connectivity index (χ2v) is 12.2. The molecule has 0 aliphatic rings. The molecule has 6 aromatic rings. The van der Waals surface area contributed by atoms with E-state index in [1.165, 1.54) is 11.6 Å². The zero-order valence-electron chi connectivity index (χ0n) is 25.4. The van der Waals surface area contributed by atoms with Crippen LogP contribution in [-0.2, 0) is 37.6 Å². The van der Waals surface area contributed by atoms with Crippen LogP contribution < -0.4 is 10.2 Å². The Balaban J connectivity index is 1.48. The number of methoxy groups -OCH3 is 1. The van der Waals surface area contributed by atoms with Crippen molar-refractivity contribution in [3.05, 3.63) is 159 Å². The Labute approximate surface area is 266 Å². The molecular weight excluding hydrogens is 583 g/mol. The van der Waals surface area contributed by atoms with Gasteiger partial charge < -0.3 is 14.0 Å². The monoisotopic (exact) mass is 618 g/mol. The molecule has 2 heterocycles. The molecule has 0 spiro atoms. The Kier molecular flexibility index (Phi) is 9.50. The molecule has 0 radical (unpaired) electrons. The van der Waals surface area contributed by atoms with Crippen LogP contribution in [0.3, 0.4) is 0 Å². The van der Waals surface area contributed by atoms with Gasteiger partial charge in [-0.3, -0.25) is 9.69 Å². The molecule has 0 aliphatic carbocycles. The summed E-state index contributed by atoms with van der Waals surface area (Å²) in [6, 6.07) is 34.9. The van der Waals surface area contributed by atoms with Gasteiger partial charge in [-0.1, -0.05) is 78.9 Å². The fourth-order valence-electron chi connectivity index (χ4n) is 5.59. The van der Waals surface area contributed by atoms with Gasteiger partial charge in [0, 0.05) is 35.3 Å². The predicted octanol–water partition coefficient (Wildman–Crippen LogP) is 8.27. The smallest absolute Gasteiger partial charge is 0.196 e. The van der Waals surface area contributed by atoms with Gasteiger partial charge in [-0.15, -0.1) is 11.3 Å². The van der Waals surface area contributed by atoms with E-state index in [1.807, 2.05) is 89.6 Å². The molecule has 5 nitrogen and oxygen atoms in total. The molecule has 228 valence electrons. The van der Waals surface area contributed by atoms with Crippen molar-refractivity contribution in [2.45, 2.75) is 32.8 Å². The van der Waals surface area contributed by atoms with Gasteiger partial charge in [0.25, 0.3) is 0 Å². The van der Waals surface area contributed by atoms with Crippen molar-refractivity contribution < 1.29 is 13.9 Å². The minimum atomic E-state index is -0.277. The summed E-state index contributed by atoms with van der Waals surface area (Å²) < 4.78 is 28.4. The normalized spacial score (nSPS) is 11.4. The first-order valence-electron chi connectivity index (χ1n) is 14.9. The van der Waals surface area contributed by atoms with Crippen LogP contribution in [0.1, 0.15) is 27.8 Å². The van der Waals surface area contributed by atoms with Gasteiger partial charge in [0.2, 0.25) is 0 Å². The Morgan fingerprint density at radius 2 is 1.44 bits per heavy atom. The topological polar surface area (TPSA) is 43.7 Å². The molecule has 0 aliphatic heterocycles. The van der Waals surface area contributed by atoms with E-state index in [1.54, 1.807) is 30.6 Å². The molecule has 7 heteroatoms. The Morgan fingerprint density at radius 1 is 0.778 bits per heavy atom. The van der Waals surface area contributed by atoms with E-state index in [9.17, 15) is 9.18 Å². The average molecular weight is 619 g/mol. The van der Waals surface area contributed by atoms with Gasteiger partial charge in [0.1, 0.15) is 16.4 Å². The van der Waals surface area contributed by atoms with Gasteiger partial charge in [0.05, 0.1) is 32.3 Å². The van der Waals surface area contributed by atoms with Crippen LogP contribution in [0.15, 0.2) is 120 Å². The van der Waals surface area contributed by atoms with Crippen LogP contribution >= 0.6 is 11.3 Å². The van der Waals surface area contributed by atoms with Crippen molar-refractivity contribution in [3.8, 4) is 16.2 Å². The molecular formula is C38H35FN2O3S. The highest BCUT2D eigenvalue weighted by atomic mass is 32.1. The number of nitrogens with zero attached hydrogens (tertiary/aromatic N) is 2. The van der Waals surface area contributed by atoms with Crippen LogP contribution in [0.2, 0.25) is 0 Å². The summed E-state index contributed by atoms with van der Waals surface area (Å²) in [6.45, 7) is 2.10. The molecule has 0 N–H and O–H groups in total. The molecule has 4 aromatic carbocycles. The largest absolute Gasteiger partial charge is 0.497 e. The van der Waals surface area contributed by atoms with Crippen molar-refractivity contribution in [1.82, 2.24) is 9.47 Å². The third kappa shape index (κ3) is 7.07. The number of halogens is 1. The second-order valence-electron chi connectivity index (χ2n) is 11.2. The maximum Gasteiger partial charge on any atom is 0.196 e. The van der Waals surface area contributed by atoms with Crippen molar-refractivity contribution >= 4 is 21.6 Å². The first-order valence-corrected chi connectivity index (χ1v) is 15.7. The molecule has 45 heavy (non-hydrogen) atoms. The fourth-order valence-corrected chi connectivity index (χ4v) is 6.87. The Morgan fingerprint density at radius 3 is 2.13 bits per heavy atom. The lowest BCUT2D eigenvalue weighted by Crippen LogP contribution is -2.20. The summed E-state index contributed by atoms with van der Waals surface area (Å²) in [4.78, 5) is 18.4. The highest BCUT2D eigenvalue weighted by Crippen LogP contribution is 2.39. The number of pyridine rings is 1. The van der Waals surface area contributed by atoms with Gasteiger partial charge in [-0.05, 0) is 59.6 Å². The molecule has 2 aromatic heterocycles. The van der Waals surface area contributed by atoms with Gasteiger partial charge in [-0.2, -0.15) is 0 Å². The Bertz CT molecular complexity index is 1940. The number of hydrogen-bond donors (Lipinski definition) is 0. The summed E-state index contributed by atoms with van der Waals surface area (Å²) in [5.74, 6) is 0.487. The van der Waals surface area contributed by atoms with E-state index >= 15 is 0 Å². The van der Waals surface area contributed by atoms with E-state index < -0.39 is 0 Å². The minimum absolute atomic E-state index is 0.0537. The molecule has 0 saturated heterocycles. The molecule has 6 rings (SSSR count). The summed E-state index contributed by atoms with van der Waals surface area (Å²) in [5, 5.41) is 0.655. The standard InChI is InChI=1S/C38H35FN2O3S/c1-40(21-27-11-5-3-6-12-27)24-33-35-36(42)31(26-44-25-28-13-7-4-8-14-28)23-41(22-30-15-9-10-16-34(30)39)38(35)45-37(33)29-17-19-32(43-2)20-18-29/h3-20,23H,21-22,24-26H2,1-2H3. The maximum absolute atomic E-state index is 14.9. The van der Waals surface area contributed by atoms with Crippen LogP contribution in [-0.4, -0.2) is 23.6 Å². The van der Waals surface area contributed by atoms with Gasteiger partial charge >= 0.3 is 0 Å². The van der Waals surface area contributed by atoms with Crippen molar-refractivity contribution in [1.29, 1.82) is 0 Å². The van der Waals surface area contributed by atoms with Crippen LogP contribution in [0.5, 0.6) is 5.75 Å². The predicted molar refractivity (Wildman–Crippen MR) is 180 cm³/mol. The fraction of sp³-hybridized carbons (Fsp3) is 0.184. The highest BCUT2D eigenvalue weighted by molar-refractivity contribution is 7.22. The Hall–Kier alpha value is -4.56. The van der Waals surface area contributed by atoms with E-state index in [2.05, 4.69) is 24.1 Å². The number of fused-ring (bicyclic) bond motifs is 1. The van der Waals surface area contributed by atoms with E-state index in [4.69, 9.17) is 9.47 Å². The summed E-state index contributed by atoms with van der Waals surface area (Å²) in [7, 11) is 3.72. The molecule has 0 fully saturated rings. The molecule has 0 atom stereocenters. The van der Waals surface area contributed by atoms with E-state index in [0.29, 0.717) is 29.7 Å². The lowest BCUT2D eigenvalue weighted by molar-refractivity contribution is 0.106. The lowest BCUT2D eigenvalue weighted by atomic mass is 10.0. The number of ether oxygens (including phenoxy) is 2. The van der Waals surface area contributed by atoms with Crippen LogP contribution in [0.4, 0.5) is 4.39 Å². The lowest BCUT2D eigenvalue weighted by Gasteiger charge is -2.18. The second kappa shape index (κ2) is 14.0. The minimum Gasteiger partial charge on any atom is -0.497 e. The number of rotatable bonds is 12. The van der Waals surface area contributed by atoms with Crippen LogP contribution in [0.25, 0.3) is 20.7 Å². The number of aromatic nitrogens is 1. The zero-order valence-corrected chi connectivity index (χ0v) is 26.2. The first kappa shape index (κ1) is 30.5. The molecule has 0 amide bonds. The maximum atomic E-state index is 14.9. The van der Waals surface area contributed by atoms with Gasteiger partial charge in [-0.25, -0.2) is 4.39 Å². The first-order chi connectivity index (χ1) is 22.0. The third-order valence-corrected chi connectivity index (χ3v) is 9.14. The average Bonchev–Trinajstić information content (AvgIpc) is 3.44. The SMILES string of the molecule is COc1ccc(-c2sc3c(c2CN(C)Cc2ccccc2)c(=O)c(COCc2ccccc2)cn3Cc2ccccc2F)cc1. The molecule has 0 saturated carbocycles. The third-order valence-electron chi connectivity index (χ3n) is 7.82. The van der Waals surface area contributed by atoms with Gasteiger partial charge in [0.15, 0.2) is 5.43 Å². The highest BCUT2D eigenvalue weighted by Gasteiger charge is 2.23. The summed E-state index contributed by atoms with van der Waals surface area (Å²) in [5.41, 5.74) is 5.22. The van der Waals surface area contributed by atoms with E-state index in [0.717, 1.165) is 38.7 Å². The molecule has 0 unspecified atom stereocenters. The van der Waals surface area contributed by atoms with Crippen molar-refractivity contribution in [2.24, 2.45) is 0 Å². The van der Waals surface area contributed by atoms with E-state index in [-0.39, 0.29) is 24.4 Å². The number of benzene rings is 4. The number of hydrogen-bond acceptors (Lipinski definition) is 5. The van der Waals surface area contributed by atoms with Crippen molar-refractivity contribution in [3.63, 3.8) is 0 Å². The quantitative estimate of drug-likeness (QED) is 0.139. The van der Waals surface area contributed by atoms with Crippen molar-refractivity contribution in [2.75, 3.05) is 14.2 Å². The number of thiophene rings is 1. The summed E-state index contributed by atoms with van der Waals surface area (Å²) in [6.07, 6.45) is 1.84.